The highest BCUT2D eigenvalue weighted by molar-refractivity contribution is 6.18. The van der Waals surface area contributed by atoms with Crippen LogP contribution in [-0.4, -0.2) is 4.98 Å². The van der Waals surface area contributed by atoms with Crippen LogP contribution in [0.3, 0.4) is 0 Å². The van der Waals surface area contributed by atoms with Crippen LogP contribution in [0.2, 0.25) is 0 Å². The van der Waals surface area contributed by atoms with Crippen LogP contribution in [-0.2, 0) is 0 Å². The van der Waals surface area contributed by atoms with Gasteiger partial charge < -0.3 is 13.7 Å². The molecule has 0 atom stereocenters. The van der Waals surface area contributed by atoms with Gasteiger partial charge in [0.15, 0.2) is 5.58 Å². The average molecular weight is 705 g/mol. The van der Waals surface area contributed by atoms with Crippen molar-refractivity contribution in [1.82, 2.24) is 4.98 Å². The Labute approximate surface area is 317 Å². The van der Waals surface area contributed by atoms with E-state index < -0.39 is 0 Å². The number of furan rings is 1. The maximum atomic E-state index is 6.47. The van der Waals surface area contributed by atoms with Crippen molar-refractivity contribution >= 4 is 71.6 Å². The smallest absolute Gasteiger partial charge is 0.227 e. The summed E-state index contributed by atoms with van der Waals surface area (Å²) in [7, 11) is 0. The molecule has 0 saturated heterocycles. The molecule has 0 unspecified atom stereocenters. The van der Waals surface area contributed by atoms with Gasteiger partial charge in [-0.2, -0.15) is 0 Å². The zero-order valence-electron chi connectivity index (χ0n) is 29.7. The van der Waals surface area contributed by atoms with Crippen molar-refractivity contribution in [1.29, 1.82) is 0 Å². The third kappa shape index (κ3) is 5.34. The van der Waals surface area contributed by atoms with Gasteiger partial charge in [0.05, 0.1) is 0 Å². The van der Waals surface area contributed by atoms with Crippen LogP contribution in [0.15, 0.2) is 203 Å². The summed E-state index contributed by atoms with van der Waals surface area (Å²) in [5, 5.41) is 6.71. The molecule has 4 heteroatoms. The van der Waals surface area contributed by atoms with E-state index in [2.05, 4.69) is 150 Å². The van der Waals surface area contributed by atoms with E-state index >= 15 is 0 Å². The van der Waals surface area contributed by atoms with Crippen LogP contribution in [0.1, 0.15) is 0 Å². The number of hydrogen-bond acceptors (Lipinski definition) is 4. The van der Waals surface area contributed by atoms with E-state index in [1.54, 1.807) is 0 Å². The van der Waals surface area contributed by atoms with Gasteiger partial charge in [-0.05, 0) is 105 Å². The van der Waals surface area contributed by atoms with Crippen molar-refractivity contribution < 1.29 is 8.83 Å². The van der Waals surface area contributed by atoms with Crippen LogP contribution < -0.4 is 4.90 Å². The molecule has 258 valence electrons. The second-order valence-corrected chi connectivity index (χ2v) is 14.0. The van der Waals surface area contributed by atoms with Crippen molar-refractivity contribution in [2.24, 2.45) is 0 Å². The third-order valence-corrected chi connectivity index (χ3v) is 10.7. The number of aromatic nitrogens is 1. The fourth-order valence-corrected chi connectivity index (χ4v) is 7.97. The zero-order valence-corrected chi connectivity index (χ0v) is 29.7. The number of oxazole rings is 1. The van der Waals surface area contributed by atoms with Gasteiger partial charge in [-0.15, -0.1) is 0 Å². The maximum Gasteiger partial charge on any atom is 0.227 e. The lowest BCUT2D eigenvalue weighted by Gasteiger charge is -2.26. The zero-order chi connectivity index (χ0) is 36.3. The molecule has 0 saturated carbocycles. The second-order valence-electron chi connectivity index (χ2n) is 14.0. The molecule has 2 aromatic heterocycles. The predicted molar refractivity (Wildman–Crippen MR) is 227 cm³/mol. The molecule has 11 rings (SSSR count). The summed E-state index contributed by atoms with van der Waals surface area (Å²) < 4.78 is 12.8. The van der Waals surface area contributed by atoms with Crippen LogP contribution in [0.25, 0.3) is 88.3 Å². The first kappa shape index (κ1) is 31.1. The van der Waals surface area contributed by atoms with E-state index in [0.29, 0.717) is 5.89 Å². The number of fused-ring (bicyclic) bond motifs is 8. The molecular formula is C51H32N2O2. The minimum Gasteiger partial charge on any atom is -0.456 e. The first-order chi connectivity index (χ1) is 27.2. The molecule has 55 heavy (non-hydrogen) atoms. The second kappa shape index (κ2) is 12.6. The minimum absolute atomic E-state index is 0.632. The molecule has 0 spiro atoms. The standard InChI is InChI=1S/C51H32N2O2/c1-3-10-33(11-4-1)34-20-24-40(25-21-34)53(42-26-28-45-44-16-7-8-17-47(44)54-48(45)32-42)41-15-9-14-37(31-41)38-22-27-43-39(30-38)19-18-35-23-29-46-50(49(35)43)55-51(52-46)36-12-5-2-6-13-36/h1-32H. The number of para-hydroxylation sites is 1. The minimum atomic E-state index is 0.632. The van der Waals surface area contributed by atoms with Crippen molar-refractivity contribution in [3.05, 3.63) is 194 Å². The molecule has 0 fully saturated rings. The van der Waals surface area contributed by atoms with Crippen LogP contribution in [0, 0.1) is 0 Å². The van der Waals surface area contributed by atoms with Gasteiger partial charge in [-0.1, -0.05) is 121 Å². The van der Waals surface area contributed by atoms with Crippen molar-refractivity contribution in [3.63, 3.8) is 0 Å². The highest BCUT2D eigenvalue weighted by Gasteiger charge is 2.18. The van der Waals surface area contributed by atoms with Gasteiger partial charge in [0.1, 0.15) is 16.7 Å². The van der Waals surface area contributed by atoms with E-state index in [-0.39, 0.29) is 0 Å². The highest BCUT2D eigenvalue weighted by atomic mass is 16.3. The largest absolute Gasteiger partial charge is 0.456 e. The number of hydrogen-bond donors (Lipinski definition) is 0. The van der Waals surface area contributed by atoms with Gasteiger partial charge in [0.25, 0.3) is 0 Å². The van der Waals surface area contributed by atoms with E-state index in [1.165, 1.54) is 11.1 Å². The lowest BCUT2D eigenvalue weighted by Crippen LogP contribution is -2.10. The molecule has 0 aliphatic rings. The molecule has 0 aliphatic carbocycles. The van der Waals surface area contributed by atoms with Crippen LogP contribution in [0.5, 0.6) is 0 Å². The van der Waals surface area contributed by atoms with Crippen molar-refractivity contribution in [2.75, 3.05) is 4.90 Å². The molecule has 0 N–H and O–H groups in total. The number of benzene rings is 9. The Morgan fingerprint density at radius 3 is 1.84 bits per heavy atom. The van der Waals surface area contributed by atoms with Crippen LogP contribution >= 0.6 is 0 Å². The summed E-state index contributed by atoms with van der Waals surface area (Å²) in [5.74, 6) is 0.632. The summed E-state index contributed by atoms with van der Waals surface area (Å²) in [6, 6.07) is 68.2. The third-order valence-electron chi connectivity index (χ3n) is 10.7. The lowest BCUT2D eigenvalue weighted by atomic mass is 9.96. The van der Waals surface area contributed by atoms with Gasteiger partial charge in [-0.3, -0.25) is 0 Å². The number of rotatable bonds is 6. The Balaban J connectivity index is 1.02. The Morgan fingerprint density at radius 2 is 0.982 bits per heavy atom. The van der Waals surface area contributed by atoms with Gasteiger partial charge in [0, 0.05) is 44.9 Å². The predicted octanol–water partition coefficient (Wildman–Crippen LogP) is 14.5. The molecular weight excluding hydrogens is 673 g/mol. The molecule has 2 heterocycles. The van der Waals surface area contributed by atoms with Crippen molar-refractivity contribution in [2.45, 2.75) is 0 Å². The maximum absolute atomic E-state index is 6.47. The molecule has 0 amide bonds. The first-order valence-corrected chi connectivity index (χ1v) is 18.5. The molecule has 11 aromatic rings. The monoisotopic (exact) mass is 704 g/mol. The summed E-state index contributed by atoms with van der Waals surface area (Å²) in [6.45, 7) is 0. The van der Waals surface area contributed by atoms with Crippen LogP contribution in [0.4, 0.5) is 17.1 Å². The molecule has 4 nitrogen and oxygen atoms in total. The Hall–Kier alpha value is -7.43. The Kier molecular flexibility index (Phi) is 7.14. The quantitative estimate of drug-likeness (QED) is 0.162. The van der Waals surface area contributed by atoms with Crippen molar-refractivity contribution in [3.8, 4) is 33.7 Å². The van der Waals surface area contributed by atoms with E-state index in [9.17, 15) is 0 Å². The normalized spacial score (nSPS) is 11.6. The highest BCUT2D eigenvalue weighted by Crippen LogP contribution is 2.41. The molecule has 0 bridgehead atoms. The topological polar surface area (TPSA) is 42.4 Å². The summed E-state index contributed by atoms with van der Waals surface area (Å²) >= 11 is 0. The average Bonchev–Trinajstić information content (AvgIpc) is 3.86. The molecule has 0 aliphatic heterocycles. The van der Waals surface area contributed by atoms with Gasteiger partial charge >= 0.3 is 0 Å². The molecule has 9 aromatic carbocycles. The first-order valence-electron chi connectivity index (χ1n) is 18.5. The SMILES string of the molecule is c1ccc(-c2ccc(N(c3cccc(-c4ccc5c(ccc6ccc7nc(-c8ccccc8)oc7c65)c4)c3)c3ccc4c(c3)oc3ccccc34)cc2)cc1. The molecule has 0 radical (unpaired) electrons. The fraction of sp³-hybridized carbons (Fsp3) is 0. The fourth-order valence-electron chi connectivity index (χ4n) is 7.97. The summed E-state index contributed by atoms with van der Waals surface area (Å²) in [4.78, 5) is 7.16. The Morgan fingerprint density at radius 1 is 0.364 bits per heavy atom. The summed E-state index contributed by atoms with van der Waals surface area (Å²) in [5.41, 5.74) is 12.1. The lowest BCUT2D eigenvalue weighted by molar-refractivity contribution is 0.623. The van der Waals surface area contributed by atoms with E-state index in [0.717, 1.165) is 88.3 Å². The number of anilines is 3. The van der Waals surface area contributed by atoms with Gasteiger partial charge in [-0.25, -0.2) is 4.98 Å². The van der Waals surface area contributed by atoms with Gasteiger partial charge in [0.2, 0.25) is 5.89 Å². The van der Waals surface area contributed by atoms with E-state index in [4.69, 9.17) is 13.8 Å². The van der Waals surface area contributed by atoms with E-state index in [1.807, 2.05) is 48.5 Å². The summed E-state index contributed by atoms with van der Waals surface area (Å²) in [6.07, 6.45) is 0. The number of nitrogens with zero attached hydrogens (tertiary/aromatic N) is 2. The Bertz CT molecular complexity index is 3200.